The van der Waals surface area contributed by atoms with Gasteiger partial charge in [0.15, 0.2) is 0 Å². The number of carbonyl (C=O) groups excluding carboxylic acids is 1. The van der Waals surface area contributed by atoms with E-state index in [0.717, 1.165) is 36.3 Å². The molecule has 1 saturated heterocycles. The van der Waals surface area contributed by atoms with Crippen LogP contribution in [0.4, 0.5) is 0 Å². The van der Waals surface area contributed by atoms with Crippen LogP contribution in [0.2, 0.25) is 0 Å². The van der Waals surface area contributed by atoms with Crippen LogP contribution in [-0.4, -0.2) is 39.6 Å². The summed E-state index contributed by atoms with van der Waals surface area (Å²) in [5, 5.41) is 12.3. The quantitative estimate of drug-likeness (QED) is 0.662. The van der Waals surface area contributed by atoms with E-state index in [-0.39, 0.29) is 34.7 Å². The summed E-state index contributed by atoms with van der Waals surface area (Å²) in [5.74, 6) is 1.04. The Morgan fingerprint density at radius 1 is 1.40 bits per heavy atom. The number of carbonyl (C=O) groups is 1. The van der Waals surface area contributed by atoms with Gasteiger partial charge in [-0.1, -0.05) is 18.2 Å². The van der Waals surface area contributed by atoms with Gasteiger partial charge in [0.1, 0.15) is 0 Å². The van der Waals surface area contributed by atoms with Crippen LogP contribution in [0.1, 0.15) is 25.0 Å². The zero-order chi connectivity index (χ0) is 17.2. The molecule has 1 aromatic carbocycles. The predicted molar refractivity (Wildman–Crippen MR) is 95.1 cm³/mol. The van der Waals surface area contributed by atoms with Gasteiger partial charge in [0, 0.05) is 51.3 Å². The molecule has 130 valence electrons. The number of nitrogens with one attached hydrogen (secondary N) is 1. The molecule has 1 N–H and O–H groups in total. The summed E-state index contributed by atoms with van der Waals surface area (Å²) >= 11 is 1.80. The van der Waals surface area contributed by atoms with Crippen LogP contribution in [0, 0.1) is 22.0 Å². The minimum Gasteiger partial charge on any atom is -0.355 e. The summed E-state index contributed by atoms with van der Waals surface area (Å²) in [5.41, 5.74) is 1.83. The van der Waals surface area contributed by atoms with Crippen molar-refractivity contribution in [2.75, 3.05) is 18.8 Å². The second-order valence-electron chi connectivity index (χ2n) is 7.32. The molecule has 6 nitrogen and oxygen atoms in total. The molecule has 3 heterocycles. The summed E-state index contributed by atoms with van der Waals surface area (Å²) in [6.45, 7) is 0.693. The van der Waals surface area contributed by atoms with E-state index >= 15 is 0 Å². The molecule has 7 heteroatoms. The van der Waals surface area contributed by atoms with Gasteiger partial charge in [0.25, 0.3) is 0 Å². The van der Waals surface area contributed by atoms with E-state index in [4.69, 9.17) is 0 Å². The fourth-order valence-electron chi connectivity index (χ4n) is 5.36. The van der Waals surface area contributed by atoms with E-state index in [9.17, 15) is 14.9 Å². The molecule has 0 unspecified atom stereocenters. The number of amides is 1. The van der Waals surface area contributed by atoms with Crippen molar-refractivity contribution in [1.29, 1.82) is 0 Å². The predicted octanol–water partition coefficient (Wildman–Crippen LogP) is 3.00. The van der Waals surface area contributed by atoms with E-state index in [1.165, 1.54) is 10.3 Å². The number of H-pyrrole nitrogens is 1. The molecule has 2 aliphatic heterocycles. The number of para-hydroxylation sites is 1. The van der Waals surface area contributed by atoms with E-state index in [2.05, 4.69) is 17.1 Å². The van der Waals surface area contributed by atoms with E-state index in [1.54, 1.807) is 11.8 Å². The molecule has 1 amide bonds. The number of thioether (sulfide) groups is 1. The second-order valence-corrected chi connectivity index (χ2v) is 8.42. The van der Waals surface area contributed by atoms with Gasteiger partial charge in [-0.3, -0.25) is 14.9 Å². The summed E-state index contributed by atoms with van der Waals surface area (Å²) < 4.78 is 0. The van der Waals surface area contributed by atoms with Gasteiger partial charge in [-0.15, -0.1) is 11.8 Å². The third kappa shape index (κ3) is 1.96. The number of hydrogen-bond acceptors (Lipinski definition) is 4. The molecule has 5 rings (SSSR count). The Kier molecular flexibility index (Phi) is 3.20. The largest absolute Gasteiger partial charge is 0.355 e. The molecule has 0 radical (unpaired) electrons. The first kappa shape index (κ1) is 15.3. The minimum atomic E-state index is -0.379. The first-order chi connectivity index (χ1) is 12.1. The van der Waals surface area contributed by atoms with Gasteiger partial charge in [-0.2, -0.15) is 0 Å². The number of rotatable bonds is 2. The third-order valence-corrected chi connectivity index (χ3v) is 7.39. The molecule has 25 heavy (non-hydrogen) atoms. The van der Waals surface area contributed by atoms with Crippen molar-refractivity contribution in [3.63, 3.8) is 0 Å². The molecule has 1 saturated carbocycles. The maximum absolute atomic E-state index is 12.8. The van der Waals surface area contributed by atoms with E-state index in [1.807, 2.05) is 17.0 Å². The lowest BCUT2D eigenvalue weighted by Gasteiger charge is -2.37. The monoisotopic (exact) mass is 357 g/mol. The zero-order valence-electron chi connectivity index (χ0n) is 13.7. The first-order valence-electron chi connectivity index (χ1n) is 8.77. The van der Waals surface area contributed by atoms with E-state index in [0.29, 0.717) is 6.42 Å². The minimum absolute atomic E-state index is 0.0219. The van der Waals surface area contributed by atoms with Crippen LogP contribution in [-0.2, 0) is 10.3 Å². The van der Waals surface area contributed by atoms with Crippen LogP contribution in [0.3, 0.4) is 0 Å². The molecule has 2 fully saturated rings. The van der Waals surface area contributed by atoms with Crippen LogP contribution in [0.15, 0.2) is 29.2 Å². The number of fused-ring (bicyclic) bond motifs is 3. The van der Waals surface area contributed by atoms with Crippen LogP contribution in [0.25, 0.3) is 10.9 Å². The van der Waals surface area contributed by atoms with Gasteiger partial charge in [0.05, 0.1) is 11.2 Å². The molecule has 2 aromatic rings. The number of nitro groups is 1. The Morgan fingerprint density at radius 2 is 2.24 bits per heavy atom. The maximum Gasteiger partial charge on any atom is 0.223 e. The lowest BCUT2D eigenvalue weighted by atomic mass is 9.81. The van der Waals surface area contributed by atoms with Crippen molar-refractivity contribution < 1.29 is 9.72 Å². The Morgan fingerprint density at radius 3 is 3.08 bits per heavy atom. The molecular weight excluding hydrogens is 338 g/mol. The number of benzene rings is 1. The van der Waals surface area contributed by atoms with Gasteiger partial charge >= 0.3 is 0 Å². The Bertz CT molecular complexity index is 895. The van der Waals surface area contributed by atoms with Crippen LogP contribution in [0.5, 0.6) is 0 Å². The molecule has 1 spiro atoms. The molecule has 1 aliphatic carbocycles. The number of aromatic nitrogens is 1. The third-order valence-electron chi connectivity index (χ3n) is 6.29. The van der Waals surface area contributed by atoms with Crippen LogP contribution >= 0.6 is 11.8 Å². The van der Waals surface area contributed by atoms with Gasteiger partial charge in [-0.05, 0) is 18.9 Å². The second kappa shape index (κ2) is 5.24. The Hall–Kier alpha value is -2.02. The summed E-state index contributed by atoms with van der Waals surface area (Å²) in [4.78, 5) is 30.5. The van der Waals surface area contributed by atoms with Crippen molar-refractivity contribution in [3.05, 3.63) is 40.1 Å². The standard InChI is InChI=1S/C18H19N3O3S/c22-15-9-13-11(10-21(23)24)5-6-18(13)17-16(25-8-7-20(15)18)12-3-1-2-4-14(12)19-17/h1-4,11,13,19H,5-10H2/t11-,13-,18+/m0/s1. The van der Waals surface area contributed by atoms with Crippen molar-refractivity contribution in [2.24, 2.45) is 11.8 Å². The summed E-state index contributed by atoms with van der Waals surface area (Å²) in [7, 11) is 0. The number of hydrogen-bond donors (Lipinski definition) is 1. The number of aromatic amines is 1. The first-order valence-corrected chi connectivity index (χ1v) is 9.76. The Balaban J connectivity index is 1.72. The molecule has 3 aliphatic rings. The van der Waals surface area contributed by atoms with Crippen LogP contribution < -0.4 is 0 Å². The van der Waals surface area contributed by atoms with Crippen molar-refractivity contribution in [2.45, 2.75) is 29.7 Å². The maximum atomic E-state index is 12.8. The lowest BCUT2D eigenvalue weighted by molar-refractivity contribution is -0.489. The zero-order valence-corrected chi connectivity index (χ0v) is 14.6. The molecule has 3 atom stereocenters. The van der Waals surface area contributed by atoms with Crippen molar-refractivity contribution >= 4 is 28.6 Å². The fraction of sp³-hybridized carbons (Fsp3) is 0.500. The Labute approximate surface area is 149 Å². The average Bonchev–Trinajstić information content (AvgIpc) is 3.16. The fourth-order valence-corrected chi connectivity index (χ4v) is 6.55. The van der Waals surface area contributed by atoms with Gasteiger partial charge in [0.2, 0.25) is 12.5 Å². The van der Waals surface area contributed by atoms with Crippen molar-refractivity contribution in [3.8, 4) is 0 Å². The highest BCUT2D eigenvalue weighted by Gasteiger charge is 2.62. The SMILES string of the molecule is O=C1C[C@H]2[C@H](C[N+](=O)[O-])CC[C@]23c2[nH]c4ccccc4c2SCCN13. The van der Waals surface area contributed by atoms with Crippen molar-refractivity contribution in [1.82, 2.24) is 9.88 Å². The highest BCUT2D eigenvalue weighted by molar-refractivity contribution is 7.99. The molecule has 1 aromatic heterocycles. The van der Waals surface area contributed by atoms with Gasteiger partial charge in [-0.25, -0.2) is 0 Å². The topological polar surface area (TPSA) is 79.2 Å². The molecule has 0 bridgehead atoms. The highest BCUT2D eigenvalue weighted by atomic mass is 32.2. The van der Waals surface area contributed by atoms with E-state index < -0.39 is 0 Å². The van der Waals surface area contributed by atoms with Gasteiger partial charge < -0.3 is 9.88 Å². The summed E-state index contributed by atoms with van der Waals surface area (Å²) in [6.07, 6.45) is 2.08. The number of nitrogens with zero attached hydrogens (tertiary/aromatic N) is 2. The summed E-state index contributed by atoms with van der Waals surface area (Å²) in [6, 6.07) is 8.25. The lowest BCUT2D eigenvalue weighted by Crippen LogP contribution is -2.45. The highest BCUT2D eigenvalue weighted by Crippen LogP contribution is 2.59. The average molecular weight is 357 g/mol. The smallest absolute Gasteiger partial charge is 0.223 e. The molecular formula is C18H19N3O3S. The normalized spacial score (nSPS) is 30.9.